The van der Waals surface area contributed by atoms with Crippen molar-refractivity contribution in [2.75, 3.05) is 11.1 Å². The quantitative estimate of drug-likeness (QED) is 0.591. The van der Waals surface area contributed by atoms with Crippen LogP contribution in [0.15, 0.2) is 71.6 Å². The summed E-state index contributed by atoms with van der Waals surface area (Å²) in [4.78, 5) is 25.5. The Morgan fingerprint density at radius 2 is 1.56 bits per heavy atom. The fourth-order valence-electron chi connectivity index (χ4n) is 3.94. The third-order valence-corrected chi connectivity index (χ3v) is 7.80. The molecule has 0 aromatic heterocycles. The van der Waals surface area contributed by atoms with Gasteiger partial charge in [-0.15, -0.1) is 0 Å². The lowest BCUT2D eigenvalue weighted by atomic mass is 9.97. The van der Waals surface area contributed by atoms with Crippen LogP contribution in [-0.4, -0.2) is 25.9 Å². The number of aryl methyl sites for hydroxylation is 4. The predicted molar refractivity (Wildman–Crippen MR) is 125 cm³/mol. The molecule has 4 rings (SSSR count). The van der Waals surface area contributed by atoms with Crippen molar-refractivity contribution in [2.45, 2.75) is 31.6 Å². The van der Waals surface area contributed by atoms with Crippen LogP contribution in [0.1, 0.15) is 32.6 Å². The number of sulfone groups is 1. The van der Waals surface area contributed by atoms with Crippen molar-refractivity contribution in [3.8, 4) is 0 Å². The molecule has 1 atom stereocenters. The summed E-state index contributed by atoms with van der Waals surface area (Å²) in [6.07, 6.45) is 1.79. The molecule has 1 unspecified atom stereocenters. The minimum absolute atomic E-state index is 0.00201. The molecule has 1 N–H and O–H groups in total. The van der Waals surface area contributed by atoms with Gasteiger partial charge in [-0.05, 0) is 67.1 Å². The Balaban J connectivity index is 1.42. The van der Waals surface area contributed by atoms with Crippen molar-refractivity contribution in [3.63, 3.8) is 0 Å². The number of rotatable bonds is 5. The first-order valence-corrected chi connectivity index (χ1v) is 12.2. The van der Waals surface area contributed by atoms with Crippen molar-refractivity contribution in [1.29, 1.82) is 0 Å². The minimum Gasteiger partial charge on any atom is -0.325 e. The number of anilines is 1. The largest absolute Gasteiger partial charge is 0.325 e. The number of amides is 1. The summed E-state index contributed by atoms with van der Waals surface area (Å²) in [5, 5.41) is 2.70. The van der Waals surface area contributed by atoms with Crippen LogP contribution in [0.4, 0.5) is 5.69 Å². The number of fused-ring (bicyclic) bond motifs is 1. The fourth-order valence-corrected chi connectivity index (χ4v) is 5.65. The van der Waals surface area contributed by atoms with E-state index in [1.54, 1.807) is 24.3 Å². The molecule has 0 saturated heterocycles. The van der Waals surface area contributed by atoms with Crippen LogP contribution < -0.4 is 5.32 Å². The Bertz CT molecular complexity index is 1290. The van der Waals surface area contributed by atoms with Crippen LogP contribution in [0, 0.1) is 19.8 Å². The minimum atomic E-state index is -3.69. The Labute approximate surface area is 188 Å². The molecule has 164 valence electrons. The average Bonchev–Trinajstić information content (AvgIpc) is 2.78. The highest BCUT2D eigenvalue weighted by molar-refractivity contribution is 7.91. The maximum Gasteiger partial charge on any atom is 0.236 e. The molecule has 0 fully saturated rings. The molecule has 3 aromatic rings. The molecule has 5 nitrogen and oxygen atoms in total. The van der Waals surface area contributed by atoms with Crippen LogP contribution in [0.3, 0.4) is 0 Å². The highest BCUT2D eigenvalue weighted by Gasteiger charge is 2.40. The summed E-state index contributed by atoms with van der Waals surface area (Å²) in [5.74, 6) is -2.82. The second-order valence-corrected chi connectivity index (χ2v) is 10.3. The van der Waals surface area contributed by atoms with Crippen LogP contribution in [0.2, 0.25) is 0 Å². The van der Waals surface area contributed by atoms with Crippen LogP contribution >= 0.6 is 0 Å². The molecule has 1 aliphatic rings. The topological polar surface area (TPSA) is 80.3 Å². The molecule has 0 saturated carbocycles. The molecule has 1 heterocycles. The summed E-state index contributed by atoms with van der Waals surface area (Å²) in [5.41, 5.74) is 5.59. The molecular weight excluding hydrogens is 422 g/mol. The maximum absolute atomic E-state index is 12.7. The summed E-state index contributed by atoms with van der Waals surface area (Å²) in [6.45, 7) is 4.21. The number of benzene rings is 3. The summed E-state index contributed by atoms with van der Waals surface area (Å²) < 4.78 is 25.1. The third kappa shape index (κ3) is 4.50. The molecular formula is C26H25NO4S. The SMILES string of the molecule is Cc1ccc(CCc2ccc(NC(=O)C3CS(=O)(=O)c4ccccc4C3=O)cc2)cc1C. The third-order valence-electron chi connectivity index (χ3n) is 6.00. The summed E-state index contributed by atoms with van der Waals surface area (Å²) in [7, 11) is -3.69. The van der Waals surface area contributed by atoms with Gasteiger partial charge in [0.25, 0.3) is 0 Å². The predicted octanol–water partition coefficient (Wildman–Crippen LogP) is 4.31. The van der Waals surface area contributed by atoms with Crippen LogP contribution in [0.5, 0.6) is 0 Å². The first kappa shape index (κ1) is 22.0. The van der Waals surface area contributed by atoms with E-state index in [-0.39, 0.29) is 10.5 Å². The summed E-state index contributed by atoms with van der Waals surface area (Å²) in [6, 6.07) is 20.0. The zero-order chi connectivity index (χ0) is 22.9. The van der Waals surface area contributed by atoms with Gasteiger partial charge in [0.1, 0.15) is 5.92 Å². The Hall–Kier alpha value is -3.25. The van der Waals surface area contributed by atoms with Gasteiger partial charge in [0.05, 0.1) is 10.6 Å². The second-order valence-electron chi connectivity index (χ2n) is 8.30. The Kier molecular flexibility index (Phi) is 5.98. The molecule has 6 heteroatoms. The monoisotopic (exact) mass is 447 g/mol. The van der Waals surface area contributed by atoms with E-state index >= 15 is 0 Å². The number of ketones is 1. The number of carbonyl (C=O) groups excluding carboxylic acids is 2. The van der Waals surface area contributed by atoms with E-state index in [9.17, 15) is 18.0 Å². The van der Waals surface area contributed by atoms with Gasteiger partial charge in [-0.1, -0.05) is 48.5 Å². The average molecular weight is 448 g/mol. The Morgan fingerprint density at radius 3 is 2.28 bits per heavy atom. The van der Waals surface area contributed by atoms with E-state index in [1.807, 2.05) is 12.1 Å². The second kappa shape index (κ2) is 8.71. The molecule has 32 heavy (non-hydrogen) atoms. The zero-order valence-electron chi connectivity index (χ0n) is 18.1. The first-order chi connectivity index (χ1) is 15.2. The highest BCUT2D eigenvalue weighted by Crippen LogP contribution is 2.29. The molecule has 0 aliphatic carbocycles. The molecule has 0 bridgehead atoms. The lowest BCUT2D eigenvalue weighted by Crippen LogP contribution is -2.39. The first-order valence-electron chi connectivity index (χ1n) is 10.6. The molecule has 3 aromatic carbocycles. The van der Waals surface area contributed by atoms with Crippen molar-refractivity contribution in [1.82, 2.24) is 0 Å². The standard InChI is InChI=1S/C26H25NO4S/c1-17-7-8-20(15-18(17)2)10-9-19-11-13-21(14-12-19)27-26(29)23-16-32(30,31)24-6-4-3-5-22(24)25(23)28/h3-8,11-15,23H,9-10,16H2,1-2H3,(H,27,29). The van der Waals surface area contributed by atoms with Gasteiger partial charge >= 0.3 is 0 Å². The molecule has 0 radical (unpaired) electrons. The van der Waals surface area contributed by atoms with E-state index in [4.69, 9.17) is 0 Å². The van der Waals surface area contributed by atoms with Gasteiger partial charge in [0, 0.05) is 11.3 Å². The molecule has 0 spiro atoms. The lowest BCUT2D eigenvalue weighted by Gasteiger charge is -2.22. The highest BCUT2D eigenvalue weighted by atomic mass is 32.2. The molecule has 1 aliphatic heterocycles. The zero-order valence-corrected chi connectivity index (χ0v) is 18.9. The van der Waals surface area contributed by atoms with Crippen molar-refractivity contribution < 1.29 is 18.0 Å². The van der Waals surface area contributed by atoms with E-state index in [2.05, 4.69) is 37.4 Å². The number of carbonyl (C=O) groups is 2. The fraction of sp³-hybridized carbons (Fsp3) is 0.231. The maximum atomic E-state index is 12.7. The van der Waals surface area contributed by atoms with Gasteiger partial charge in [-0.2, -0.15) is 0 Å². The Morgan fingerprint density at radius 1 is 0.906 bits per heavy atom. The van der Waals surface area contributed by atoms with Crippen LogP contribution in [-0.2, 0) is 27.5 Å². The number of Topliss-reactive ketones (excluding diaryl/α,β-unsaturated/α-hetero) is 1. The van der Waals surface area contributed by atoms with E-state index in [1.165, 1.54) is 28.8 Å². The molecule has 1 amide bonds. The van der Waals surface area contributed by atoms with Gasteiger partial charge in [0.2, 0.25) is 5.91 Å². The van der Waals surface area contributed by atoms with Crippen LogP contribution in [0.25, 0.3) is 0 Å². The van der Waals surface area contributed by atoms with Gasteiger partial charge in [0.15, 0.2) is 15.6 Å². The van der Waals surface area contributed by atoms with E-state index in [0.717, 1.165) is 18.4 Å². The van der Waals surface area contributed by atoms with Crippen molar-refractivity contribution >= 4 is 27.2 Å². The van der Waals surface area contributed by atoms with Crippen molar-refractivity contribution in [3.05, 3.63) is 94.5 Å². The normalized spacial score (nSPS) is 16.9. The number of hydrogen-bond donors (Lipinski definition) is 1. The van der Waals surface area contributed by atoms with E-state index < -0.39 is 33.2 Å². The smallest absolute Gasteiger partial charge is 0.236 e. The van der Waals surface area contributed by atoms with E-state index in [0.29, 0.717) is 5.69 Å². The lowest BCUT2D eigenvalue weighted by molar-refractivity contribution is -0.118. The number of hydrogen-bond acceptors (Lipinski definition) is 4. The van der Waals surface area contributed by atoms with Gasteiger partial charge in [-0.25, -0.2) is 8.42 Å². The van der Waals surface area contributed by atoms with Crippen molar-refractivity contribution in [2.24, 2.45) is 5.92 Å². The van der Waals surface area contributed by atoms with Gasteiger partial charge in [-0.3, -0.25) is 9.59 Å². The van der Waals surface area contributed by atoms with Gasteiger partial charge < -0.3 is 5.32 Å². The summed E-state index contributed by atoms with van der Waals surface area (Å²) >= 11 is 0. The number of nitrogens with one attached hydrogen (secondary N) is 1.